The highest BCUT2D eigenvalue weighted by Crippen LogP contribution is 2.20. The lowest BCUT2D eigenvalue weighted by atomic mass is 10.2. The molecular weight excluding hydrogens is 244 g/mol. The van der Waals surface area contributed by atoms with Gasteiger partial charge in [-0.25, -0.2) is 0 Å². The molecule has 0 bridgehead atoms. The third-order valence-electron chi connectivity index (χ3n) is 3.32. The zero-order valence-corrected chi connectivity index (χ0v) is 11.8. The minimum atomic E-state index is -0.0676. The van der Waals surface area contributed by atoms with E-state index in [0.717, 1.165) is 18.7 Å². The molecule has 1 aromatic rings. The van der Waals surface area contributed by atoms with Crippen molar-refractivity contribution in [2.75, 3.05) is 33.8 Å². The van der Waals surface area contributed by atoms with Crippen LogP contribution in [0.4, 0.5) is 0 Å². The Bertz CT molecular complexity index is 444. The van der Waals surface area contributed by atoms with Crippen molar-refractivity contribution in [1.82, 2.24) is 9.80 Å². The zero-order chi connectivity index (χ0) is 13.0. The van der Waals surface area contributed by atoms with Crippen LogP contribution in [0.2, 0.25) is 0 Å². The van der Waals surface area contributed by atoms with E-state index in [1.807, 2.05) is 0 Å². The van der Waals surface area contributed by atoms with E-state index in [0.29, 0.717) is 6.04 Å². The lowest BCUT2D eigenvalue weighted by Crippen LogP contribution is -2.31. The molecule has 0 saturated carbocycles. The molecule has 1 atom stereocenters. The molecule has 1 unspecified atom stereocenters. The minimum absolute atomic E-state index is 0.0676. The summed E-state index contributed by atoms with van der Waals surface area (Å²) in [6.45, 7) is 3.29. The summed E-state index contributed by atoms with van der Waals surface area (Å²) in [4.78, 5) is 6.17. The van der Waals surface area contributed by atoms with Gasteiger partial charge >= 0.3 is 0 Å². The SMILES string of the molecule is CN(C)C1CCN(Cc2cc(C#CCO)cs2)C1. The Labute approximate surface area is 113 Å². The molecule has 1 aromatic heterocycles. The van der Waals surface area contributed by atoms with Crippen molar-refractivity contribution in [3.8, 4) is 11.8 Å². The van der Waals surface area contributed by atoms with Crippen LogP contribution in [0.1, 0.15) is 16.9 Å². The number of hydrogen-bond acceptors (Lipinski definition) is 4. The van der Waals surface area contributed by atoms with Gasteiger partial charge in [-0.3, -0.25) is 4.90 Å². The number of aliphatic hydroxyl groups excluding tert-OH is 1. The topological polar surface area (TPSA) is 26.7 Å². The predicted molar refractivity (Wildman–Crippen MR) is 75.7 cm³/mol. The Morgan fingerprint density at radius 3 is 3.06 bits per heavy atom. The monoisotopic (exact) mass is 264 g/mol. The van der Waals surface area contributed by atoms with E-state index in [4.69, 9.17) is 5.11 Å². The van der Waals surface area contributed by atoms with E-state index < -0.39 is 0 Å². The van der Waals surface area contributed by atoms with Gasteiger partial charge in [-0.2, -0.15) is 0 Å². The van der Waals surface area contributed by atoms with Gasteiger partial charge in [0, 0.05) is 41.5 Å². The zero-order valence-electron chi connectivity index (χ0n) is 11.0. The van der Waals surface area contributed by atoms with Gasteiger partial charge in [-0.05, 0) is 26.6 Å². The standard InChI is InChI=1S/C14H20N2OS/c1-15(2)13-5-6-16(9-13)10-14-8-12(11-18-14)4-3-7-17/h8,11,13,17H,5-7,9-10H2,1-2H3. The third-order valence-corrected chi connectivity index (χ3v) is 4.24. The van der Waals surface area contributed by atoms with Crippen LogP contribution in [-0.4, -0.2) is 54.7 Å². The molecule has 0 spiro atoms. The average Bonchev–Trinajstić information content (AvgIpc) is 2.96. The molecule has 1 N–H and O–H groups in total. The van der Waals surface area contributed by atoms with E-state index in [9.17, 15) is 0 Å². The summed E-state index contributed by atoms with van der Waals surface area (Å²) in [6.07, 6.45) is 1.26. The summed E-state index contributed by atoms with van der Waals surface area (Å²) < 4.78 is 0. The van der Waals surface area contributed by atoms with Crippen LogP contribution in [0, 0.1) is 11.8 Å². The maximum atomic E-state index is 8.66. The molecule has 0 radical (unpaired) electrons. The van der Waals surface area contributed by atoms with Gasteiger partial charge in [0.2, 0.25) is 0 Å². The molecular formula is C14H20N2OS. The van der Waals surface area contributed by atoms with Crippen molar-refractivity contribution < 1.29 is 5.11 Å². The normalized spacial score (nSPS) is 20.1. The fraction of sp³-hybridized carbons (Fsp3) is 0.571. The summed E-state index contributed by atoms with van der Waals surface area (Å²) in [5.41, 5.74) is 1.02. The molecule has 1 saturated heterocycles. The summed E-state index contributed by atoms with van der Waals surface area (Å²) in [6, 6.07) is 2.83. The molecule has 1 aliphatic rings. The highest BCUT2D eigenvalue weighted by atomic mass is 32.1. The van der Waals surface area contributed by atoms with Gasteiger partial charge < -0.3 is 10.0 Å². The highest BCUT2D eigenvalue weighted by Gasteiger charge is 2.23. The Morgan fingerprint density at radius 1 is 1.56 bits per heavy atom. The Hall–Kier alpha value is -0.860. The number of aliphatic hydroxyl groups is 1. The third kappa shape index (κ3) is 3.56. The molecule has 0 aromatic carbocycles. The highest BCUT2D eigenvalue weighted by molar-refractivity contribution is 7.10. The van der Waals surface area contributed by atoms with Gasteiger partial charge in [0.1, 0.15) is 6.61 Å². The Kier molecular flexibility index (Phi) is 4.79. The van der Waals surface area contributed by atoms with E-state index in [-0.39, 0.29) is 6.61 Å². The quantitative estimate of drug-likeness (QED) is 0.832. The fourth-order valence-corrected chi connectivity index (χ4v) is 3.13. The Morgan fingerprint density at radius 2 is 2.39 bits per heavy atom. The van der Waals surface area contributed by atoms with Crippen LogP contribution in [0.5, 0.6) is 0 Å². The van der Waals surface area contributed by atoms with Crippen LogP contribution < -0.4 is 0 Å². The molecule has 0 aliphatic carbocycles. The number of likely N-dealkylation sites (N-methyl/N-ethyl adjacent to an activating group) is 1. The summed E-state index contributed by atoms with van der Waals surface area (Å²) in [5.74, 6) is 5.64. The molecule has 0 amide bonds. The maximum Gasteiger partial charge on any atom is 0.104 e. The second-order valence-corrected chi connectivity index (χ2v) is 5.90. The molecule has 1 fully saturated rings. The number of rotatable bonds is 3. The summed E-state index contributed by atoms with van der Waals surface area (Å²) in [5, 5.41) is 10.7. The summed E-state index contributed by atoms with van der Waals surface area (Å²) >= 11 is 1.76. The molecule has 2 heterocycles. The number of hydrogen-bond donors (Lipinski definition) is 1. The maximum absolute atomic E-state index is 8.66. The second kappa shape index (κ2) is 6.35. The molecule has 1 aliphatic heterocycles. The van der Waals surface area contributed by atoms with E-state index in [2.05, 4.69) is 47.2 Å². The van der Waals surface area contributed by atoms with Crippen LogP contribution in [-0.2, 0) is 6.54 Å². The lowest BCUT2D eigenvalue weighted by molar-refractivity contribution is 0.266. The van der Waals surface area contributed by atoms with Crippen molar-refractivity contribution in [2.24, 2.45) is 0 Å². The largest absolute Gasteiger partial charge is 0.384 e. The fourth-order valence-electron chi connectivity index (χ4n) is 2.27. The van der Waals surface area contributed by atoms with Gasteiger partial charge in [0.05, 0.1) is 0 Å². The molecule has 2 rings (SSSR count). The van der Waals surface area contributed by atoms with Crippen molar-refractivity contribution in [1.29, 1.82) is 0 Å². The minimum Gasteiger partial charge on any atom is -0.384 e. The van der Waals surface area contributed by atoms with Crippen molar-refractivity contribution >= 4 is 11.3 Å². The van der Waals surface area contributed by atoms with Gasteiger partial charge in [-0.15, -0.1) is 11.3 Å². The van der Waals surface area contributed by atoms with Crippen LogP contribution in [0.15, 0.2) is 11.4 Å². The second-order valence-electron chi connectivity index (χ2n) is 4.90. The smallest absolute Gasteiger partial charge is 0.104 e. The first-order chi connectivity index (χ1) is 8.69. The van der Waals surface area contributed by atoms with Crippen molar-refractivity contribution in [2.45, 2.75) is 19.0 Å². The Balaban J connectivity index is 1.89. The predicted octanol–water partition coefficient (Wildman–Crippen LogP) is 1.23. The van der Waals surface area contributed by atoms with Crippen LogP contribution >= 0.6 is 11.3 Å². The molecule has 18 heavy (non-hydrogen) atoms. The van der Waals surface area contributed by atoms with Gasteiger partial charge in [0.15, 0.2) is 0 Å². The first-order valence-corrected chi connectivity index (χ1v) is 7.13. The first-order valence-electron chi connectivity index (χ1n) is 6.25. The molecule has 98 valence electrons. The van der Waals surface area contributed by atoms with Crippen molar-refractivity contribution in [3.05, 3.63) is 21.9 Å². The summed E-state index contributed by atoms with van der Waals surface area (Å²) in [7, 11) is 4.31. The van der Waals surface area contributed by atoms with Crippen molar-refractivity contribution in [3.63, 3.8) is 0 Å². The van der Waals surface area contributed by atoms with Gasteiger partial charge in [-0.1, -0.05) is 11.8 Å². The molecule has 3 nitrogen and oxygen atoms in total. The van der Waals surface area contributed by atoms with E-state index in [1.54, 1.807) is 11.3 Å². The average molecular weight is 264 g/mol. The van der Waals surface area contributed by atoms with E-state index in [1.165, 1.54) is 17.8 Å². The van der Waals surface area contributed by atoms with Crippen LogP contribution in [0.25, 0.3) is 0 Å². The van der Waals surface area contributed by atoms with Crippen LogP contribution in [0.3, 0.4) is 0 Å². The van der Waals surface area contributed by atoms with Gasteiger partial charge in [0.25, 0.3) is 0 Å². The molecule has 4 heteroatoms. The van der Waals surface area contributed by atoms with E-state index >= 15 is 0 Å². The lowest BCUT2D eigenvalue weighted by Gasteiger charge is -2.19. The number of thiophene rings is 1. The number of nitrogens with zero attached hydrogens (tertiary/aromatic N) is 2. The first kappa shape index (κ1) is 13.6. The number of likely N-dealkylation sites (tertiary alicyclic amines) is 1.